The van der Waals surface area contributed by atoms with E-state index in [2.05, 4.69) is 5.32 Å². The van der Waals surface area contributed by atoms with E-state index in [9.17, 15) is 18.3 Å². The topological polar surface area (TPSA) is 95.9 Å². The summed E-state index contributed by atoms with van der Waals surface area (Å²) in [4.78, 5) is 13.0. The third-order valence-corrected chi connectivity index (χ3v) is 7.63. The molecule has 0 aliphatic carbocycles. The second kappa shape index (κ2) is 8.90. The normalized spacial score (nSPS) is 19.2. The van der Waals surface area contributed by atoms with Crippen molar-refractivity contribution in [3.8, 4) is 5.75 Å². The molecule has 0 radical (unpaired) electrons. The van der Waals surface area contributed by atoms with Crippen LogP contribution in [0.5, 0.6) is 5.75 Å². The van der Waals surface area contributed by atoms with Crippen LogP contribution in [0.2, 0.25) is 0 Å². The minimum atomic E-state index is -3.90. The number of fused-ring (bicyclic) bond motifs is 1. The fourth-order valence-corrected chi connectivity index (χ4v) is 5.59. The summed E-state index contributed by atoms with van der Waals surface area (Å²) in [5.74, 6) is 0.347. The summed E-state index contributed by atoms with van der Waals surface area (Å²) in [5.41, 5.74) is 1.83. The number of amides is 1. The predicted molar refractivity (Wildman–Crippen MR) is 122 cm³/mol. The molecule has 1 amide bonds. The first-order valence-corrected chi connectivity index (χ1v) is 11.8. The maximum Gasteiger partial charge on any atom is 0.243 e. The Bertz CT molecular complexity index is 1240. The van der Waals surface area contributed by atoms with E-state index in [0.717, 1.165) is 32.0 Å². The van der Waals surface area contributed by atoms with Crippen molar-refractivity contribution in [3.63, 3.8) is 0 Å². The molecule has 32 heavy (non-hydrogen) atoms. The van der Waals surface area contributed by atoms with Gasteiger partial charge < -0.3 is 15.2 Å². The van der Waals surface area contributed by atoms with Crippen LogP contribution in [0.4, 0.5) is 0 Å². The molecule has 3 aromatic rings. The van der Waals surface area contributed by atoms with Crippen LogP contribution >= 0.6 is 0 Å². The highest BCUT2D eigenvalue weighted by Crippen LogP contribution is 2.27. The van der Waals surface area contributed by atoms with Gasteiger partial charge in [0.15, 0.2) is 0 Å². The number of carbonyl (C=O) groups is 1. The van der Waals surface area contributed by atoms with Crippen molar-refractivity contribution >= 4 is 26.7 Å². The molecule has 168 valence electrons. The monoisotopic (exact) mass is 454 g/mol. The SMILES string of the molecule is COc1ccc2cc(CNC(=O)C3CC(O)CN3S(=O)(=O)c3ccc(C)cc3)ccc2c1. The van der Waals surface area contributed by atoms with E-state index < -0.39 is 28.1 Å². The molecule has 0 saturated carbocycles. The average molecular weight is 455 g/mol. The lowest BCUT2D eigenvalue weighted by Gasteiger charge is -2.23. The van der Waals surface area contributed by atoms with Crippen LogP contribution < -0.4 is 10.1 Å². The maximum atomic E-state index is 13.1. The Kier molecular flexibility index (Phi) is 6.19. The molecule has 0 bridgehead atoms. The second-order valence-electron chi connectivity index (χ2n) is 8.06. The number of carbonyl (C=O) groups excluding carboxylic acids is 1. The fourth-order valence-electron chi connectivity index (χ4n) is 3.95. The zero-order valence-corrected chi connectivity index (χ0v) is 18.8. The van der Waals surface area contributed by atoms with Crippen LogP contribution in [-0.2, 0) is 21.4 Å². The second-order valence-corrected chi connectivity index (χ2v) is 9.95. The van der Waals surface area contributed by atoms with Crippen LogP contribution in [0, 0.1) is 6.92 Å². The largest absolute Gasteiger partial charge is 0.497 e. The number of nitrogens with zero attached hydrogens (tertiary/aromatic N) is 1. The Labute approximate surface area is 187 Å². The number of benzene rings is 3. The van der Waals surface area contributed by atoms with Crippen LogP contribution in [0.1, 0.15) is 17.5 Å². The molecule has 1 aliphatic rings. The highest BCUT2D eigenvalue weighted by atomic mass is 32.2. The van der Waals surface area contributed by atoms with Crippen LogP contribution in [-0.4, -0.2) is 49.5 Å². The van der Waals surface area contributed by atoms with E-state index in [1.54, 1.807) is 19.2 Å². The van der Waals surface area contributed by atoms with Gasteiger partial charge in [-0.1, -0.05) is 35.9 Å². The summed E-state index contributed by atoms with van der Waals surface area (Å²) in [7, 11) is -2.28. The van der Waals surface area contributed by atoms with Crippen molar-refractivity contribution in [1.82, 2.24) is 9.62 Å². The van der Waals surface area contributed by atoms with E-state index in [4.69, 9.17) is 4.74 Å². The number of aliphatic hydroxyl groups is 1. The first kappa shape index (κ1) is 22.3. The molecular formula is C24H26N2O5S. The molecule has 1 aliphatic heterocycles. The predicted octanol–water partition coefficient (Wildman–Crippen LogP) is 2.60. The maximum absolute atomic E-state index is 13.1. The van der Waals surface area contributed by atoms with Gasteiger partial charge in [-0.15, -0.1) is 0 Å². The lowest BCUT2D eigenvalue weighted by Crippen LogP contribution is -2.45. The minimum Gasteiger partial charge on any atom is -0.497 e. The van der Waals surface area contributed by atoms with E-state index >= 15 is 0 Å². The van der Waals surface area contributed by atoms with Gasteiger partial charge >= 0.3 is 0 Å². The number of hydrogen-bond acceptors (Lipinski definition) is 5. The van der Waals surface area contributed by atoms with Gasteiger partial charge in [0.2, 0.25) is 15.9 Å². The van der Waals surface area contributed by atoms with Gasteiger partial charge in [-0.3, -0.25) is 4.79 Å². The molecule has 3 aromatic carbocycles. The van der Waals surface area contributed by atoms with Gasteiger partial charge in [-0.25, -0.2) is 8.42 Å². The van der Waals surface area contributed by atoms with Crippen LogP contribution in [0.25, 0.3) is 10.8 Å². The van der Waals surface area contributed by atoms with Crippen molar-refractivity contribution in [2.75, 3.05) is 13.7 Å². The Morgan fingerprint density at radius 3 is 2.50 bits per heavy atom. The zero-order valence-electron chi connectivity index (χ0n) is 18.0. The van der Waals surface area contributed by atoms with Crippen molar-refractivity contribution in [1.29, 1.82) is 0 Å². The third kappa shape index (κ3) is 4.48. The molecule has 2 unspecified atom stereocenters. The summed E-state index contributed by atoms with van der Waals surface area (Å²) < 4.78 is 32.6. The van der Waals surface area contributed by atoms with Crippen LogP contribution in [0.3, 0.4) is 0 Å². The Morgan fingerprint density at radius 1 is 1.09 bits per heavy atom. The number of rotatable bonds is 6. The highest BCUT2D eigenvalue weighted by molar-refractivity contribution is 7.89. The van der Waals surface area contributed by atoms with Gasteiger partial charge in [0.1, 0.15) is 11.8 Å². The Hall–Kier alpha value is -2.94. The summed E-state index contributed by atoms with van der Waals surface area (Å²) >= 11 is 0. The van der Waals surface area contributed by atoms with E-state index in [0.29, 0.717) is 0 Å². The lowest BCUT2D eigenvalue weighted by atomic mass is 10.1. The number of nitrogens with one attached hydrogen (secondary N) is 1. The molecule has 2 atom stereocenters. The Balaban J connectivity index is 1.49. The molecule has 4 rings (SSSR count). The first-order chi connectivity index (χ1) is 15.3. The molecule has 8 heteroatoms. The van der Waals surface area contributed by atoms with Gasteiger partial charge in [0.05, 0.1) is 18.1 Å². The van der Waals surface area contributed by atoms with Gasteiger partial charge in [0.25, 0.3) is 0 Å². The van der Waals surface area contributed by atoms with Crippen molar-refractivity contribution < 1.29 is 23.1 Å². The van der Waals surface area contributed by atoms with Crippen molar-refractivity contribution in [2.24, 2.45) is 0 Å². The van der Waals surface area contributed by atoms with Crippen molar-refractivity contribution in [3.05, 3.63) is 71.8 Å². The number of β-amino-alcohol motifs (C(OH)–C–C–N with tert-alkyl or cyclic N) is 1. The summed E-state index contributed by atoms with van der Waals surface area (Å²) in [6.45, 7) is 2.02. The molecule has 0 aromatic heterocycles. The zero-order chi connectivity index (χ0) is 22.9. The number of aryl methyl sites for hydroxylation is 1. The Morgan fingerprint density at radius 2 is 1.78 bits per heavy atom. The summed E-state index contributed by atoms with van der Waals surface area (Å²) in [5, 5.41) is 15.0. The minimum absolute atomic E-state index is 0.0639. The summed E-state index contributed by atoms with van der Waals surface area (Å²) in [6.07, 6.45) is -0.823. The number of methoxy groups -OCH3 is 1. The van der Waals surface area contributed by atoms with E-state index in [1.165, 1.54) is 12.1 Å². The van der Waals surface area contributed by atoms with Gasteiger partial charge in [-0.05, 0) is 53.6 Å². The third-order valence-electron chi connectivity index (χ3n) is 5.74. The number of sulfonamides is 1. The summed E-state index contributed by atoms with van der Waals surface area (Å²) in [6, 6.07) is 17.1. The van der Waals surface area contributed by atoms with Gasteiger partial charge in [0, 0.05) is 19.5 Å². The fraction of sp³-hybridized carbons (Fsp3) is 0.292. The molecule has 1 saturated heterocycles. The molecule has 7 nitrogen and oxygen atoms in total. The van der Waals surface area contributed by atoms with Crippen molar-refractivity contribution in [2.45, 2.75) is 36.9 Å². The molecule has 1 heterocycles. The average Bonchev–Trinajstić information content (AvgIpc) is 3.20. The molecule has 1 fully saturated rings. The molecule has 0 spiro atoms. The number of ether oxygens (including phenoxy) is 1. The molecule has 2 N–H and O–H groups in total. The number of aliphatic hydroxyl groups excluding tert-OH is 1. The highest BCUT2D eigenvalue weighted by Gasteiger charge is 2.43. The molecular weight excluding hydrogens is 428 g/mol. The van der Waals surface area contributed by atoms with E-state index in [1.807, 2.05) is 43.3 Å². The lowest BCUT2D eigenvalue weighted by molar-refractivity contribution is -0.124. The first-order valence-electron chi connectivity index (χ1n) is 10.4. The standard InChI is InChI=1S/C24H26N2O5S/c1-16-3-9-22(10-4-16)32(29,30)26-15-20(27)13-23(26)24(28)25-14-17-5-6-19-12-21(31-2)8-7-18(19)11-17/h3-12,20,23,27H,13-15H2,1-2H3,(H,25,28). The van der Waals surface area contributed by atoms with Crippen LogP contribution in [0.15, 0.2) is 65.6 Å². The smallest absolute Gasteiger partial charge is 0.243 e. The number of hydrogen-bond donors (Lipinski definition) is 2. The quantitative estimate of drug-likeness (QED) is 0.597. The van der Waals surface area contributed by atoms with E-state index in [-0.39, 0.29) is 24.4 Å². The van der Waals surface area contributed by atoms with Gasteiger partial charge in [-0.2, -0.15) is 4.31 Å².